The van der Waals surface area contributed by atoms with Gasteiger partial charge in [0.15, 0.2) is 0 Å². The van der Waals surface area contributed by atoms with Crippen molar-refractivity contribution < 1.29 is 18.3 Å². The van der Waals surface area contributed by atoms with Crippen LogP contribution in [0.3, 0.4) is 0 Å². The Morgan fingerprint density at radius 3 is 2.57 bits per heavy atom. The average molecular weight is 397 g/mol. The van der Waals surface area contributed by atoms with E-state index in [1.54, 1.807) is 36.4 Å². The van der Waals surface area contributed by atoms with Crippen LogP contribution in [0.15, 0.2) is 59.6 Å². The van der Waals surface area contributed by atoms with E-state index >= 15 is 0 Å². The third kappa shape index (κ3) is 3.16. The molecule has 4 rings (SSSR count). The number of nitrogens with zero attached hydrogens (tertiary/aromatic N) is 1. The monoisotopic (exact) mass is 397 g/mol. The number of benzene rings is 2. The molecule has 28 heavy (non-hydrogen) atoms. The number of aryl methyl sites for hydroxylation is 1. The highest BCUT2D eigenvalue weighted by Gasteiger charge is 2.33. The smallest absolute Gasteiger partial charge is 0.268 e. The number of ketones is 1. The van der Waals surface area contributed by atoms with E-state index in [0.29, 0.717) is 29.3 Å². The van der Waals surface area contributed by atoms with Crippen molar-refractivity contribution >= 4 is 26.7 Å². The Morgan fingerprint density at radius 1 is 1.11 bits per heavy atom. The van der Waals surface area contributed by atoms with E-state index in [-0.39, 0.29) is 10.7 Å². The van der Waals surface area contributed by atoms with E-state index in [1.807, 2.05) is 19.1 Å². The van der Waals surface area contributed by atoms with Gasteiger partial charge in [-0.2, -0.15) is 0 Å². The minimum absolute atomic E-state index is 0.0539. The lowest BCUT2D eigenvalue weighted by Crippen LogP contribution is -2.25. The van der Waals surface area contributed by atoms with Crippen LogP contribution in [0.1, 0.15) is 42.9 Å². The molecule has 0 saturated heterocycles. The van der Waals surface area contributed by atoms with Crippen LogP contribution in [0.25, 0.3) is 10.9 Å². The van der Waals surface area contributed by atoms with Crippen LogP contribution in [-0.2, 0) is 14.8 Å². The molecule has 0 amide bonds. The number of carbonyl (C=O) groups excluding carboxylic acids is 1. The molecule has 3 aromatic rings. The van der Waals surface area contributed by atoms with Gasteiger partial charge < -0.3 is 5.11 Å². The normalized spacial score (nSPS) is 19.1. The minimum Gasteiger partial charge on any atom is -0.388 e. The predicted molar refractivity (Wildman–Crippen MR) is 108 cm³/mol. The number of carbonyl (C=O) groups is 1. The molecule has 2 aromatic carbocycles. The molecule has 2 atom stereocenters. The largest absolute Gasteiger partial charge is 0.388 e. The van der Waals surface area contributed by atoms with Crippen molar-refractivity contribution in [1.29, 1.82) is 0 Å². The Bertz CT molecular complexity index is 1130. The highest BCUT2D eigenvalue weighted by Crippen LogP contribution is 2.37. The summed E-state index contributed by atoms with van der Waals surface area (Å²) in [6.45, 7) is 1.92. The number of Topliss-reactive ketones (excluding diaryl/α,β-unsaturated/α-hetero) is 1. The van der Waals surface area contributed by atoms with Gasteiger partial charge in [0.25, 0.3) is 10.0 Å². The third-order valence-electron chi connectivity index (χ3n) is 5.56. The van der Waals surface area contributed by atoms with Crippen LogP contribution in [0, 0.1) is 12.8 Å². The Labute approximate surface area is 164 Å². The van der Waals surface area contributed by atoms with Gasteiger partial charge in [-0.15, -0.1) is 0 Å². The maximum atomic E-state index is 13.2. The summed E-state index contributed by atoms with van der Waals surface area (Å²) >= 11 is 0. The summed E-state index contributed by atoms with van der Waals surface area (Å²) < 4.78 is 27.7. The topological polar surface area (TPSA) is 76.4 Å². The van der Waals surface area contributed by atoms with Crippen molar-refractivity contribution in [2.75, 3.05) is 0 Å². The van der Waals surface area contributed by atoms with E-state index in [4.69, 9.17) is 0 Å². The third-order valence-corrected chi connectivity index (χ3v) is 7.25. The summed E-state index contributed by atoms with van der Waals surface area (Å²) in [6, 6.07) is 13.7. The molecule has 5 nitrogen and oxygen atoms in total. The number of aromatic nitrogens is 1. The van der Waals surface area contributed by atoms with Crippen LogP contribution < -0.4 is 0 Å². The molecule has 6 heteroatoms. The standard InChI is InChI=1S/C22H23NO4S/c1-15-11-12-20-18(13-15)19(22(25)17-9-5-6-10-21(17)24)14-23(20)28(26,27)16-7-3-2-4-8-16/h2-4,7-8,11-14,17,22,25H,5-6,9-10H2,1H3/t17-,22-/m1/s1. The summed E-state index contributed by atoms with van der Waals surface area (Å²) in [5.74, 6) is -0.425. The van der Waals surface area contributed by atoms with Crippen LogP contribution in [0.5, 0.6) is 0 Å². The molecule has 1 aliphatic rings. The van der Waals surface area contributed by atoms with Crippen molar-refractivity contribution in [3.63, 3.8) is 0 Å². The lowest BCUT2D eigenvalue weighted by molar-refractivity contribution is -0.128. The van der Waals surface area contributed by atoms with E-state index in [9.17, 15) is 18.3 Å². The van der Waals surface area contributed by atoms with Crippen LogP contribution >= 0.6 is 0 Å². The Morgan fingerprint density at radius 2 is 1.86 bits per heavy atom. The Kier molecular flexibility index (Phi) is 4.85. The first-order valence-corrected chi connectivity index (χ1v) is 11.0. The van der Waals surface area contributed by atoms with Crippen LogP contribution in [-0.4, -0.2) is 23.3 Å². The molecular formula is C22H23NO4S. The molecule has 0 bridgehead atoms. The van der Waals surface area contributed by atoms with Crippen molar-refractivity contribution in [2.24, 2.45) is 5.92 Å². The minimum atomic E-state index is -3.81. The van der Waals surface area contributed by atoms with Gasteiger partial charge in [0.1, 0.15) is 5.78 Å². The maximum Gasteiger partial charge on any atom is 0.268 e. The van der Waals surface area contributed by atoms with Gasteiger partial charge in [0.05, 0.1) is 16.5 Å². The SMILES string of the molecule is Cc1ccc2c(c1)c([C@H](O)[C@@H]1CCCCC1=O)cn2S(=O)(=O)c1ccccc1. The zero-order valence-electron chi connectivity index (χ0n) is 15.7. The fraction of sp³-hybridized carbons (Fsp3) is 0.318. The first kappa shape index (κ1) is 18.9. The van der Waals surface area contributed by atoms with Gasteiger partial charge in [-0.05, 0) is 44.0 Å². The summed E-state index contributed by atoms with van der Waals surface area (Å²) in [5, 5.41) is 11.7. The molecule has 146 valence electrons. The second-order valence-corrected chi connectivity index (χ2v) is 9.30. The Hall–Kier alpha value is -2.44. The molecule has 1 aliphatic carbocycles. The van der Waals surface area contributed by atoms with E-state index < -0.39 is 22.0 Å². The molecule has 0 aliphatic heterocycles. The van der Waals surface area contributed by atoms with Crippen molar-refractivity contribution in [3.05, 3.63) is 65.9 Å². The van der Waals surface area contributed by atoms with Crippen LogP contribution in [0.4, 0.5) is 0 Å². The lowest BCUT2D eigenvalue weighted by atomic mass is 9.81. The highest BCUT2D eigenvalue weighted by molar-refractivity contribution is 7.90. The number of rotatable bonds is 4. The first-order chi connectivity index (χ1) is 13.4. The van der Waals surface area contributed by atoms with Gasteiger partial charge in [0.2, 0.25) is 0 Å². The Balaban J connectivity index is 1.89. The molecule has 1 N–H and O–H groups in total. The van der Waals surface area contributed by atoms with E-state index in [0.717, 1.165) is 18.4 Å². The quantitative estimate of drug-likeness (QED) is 0.722. The number of aliphatic hydroxyl groups excluding tert-OH is 1. The lowest BCUT2D eigenvalue weighted by Gasteiger charge is -2.25. The molecule has 0 unspecified atom stereocenters. The molecule has 1 fully saturated rings. The maximum absolute atomic E-state index is 13.2. The highest BCUT2D eigenvalue weighted by atomic mass is 32.2. The molecule has 1 saturated carbocycles. The summed E-state index contributed by atoms with van der Waals surface area (Å²) in [7, 11) is -3.81. The molecule has 0 radical (unpaired) electrons. The summed E-state index contributed by atoms with van der Waals surface area (Å²) in [5.41, 5.74) is 1.97. The molecular weight excluding hydrogens is 374 g/mol. The van der Waals surface area contributed by atoms with Crippen LogP contribution in [0.2, 0.25) is 0 Å². The van der Waals surface area contributed by atoms with Crippen molar-refractivity contribution in [1.82, 2.24) is 3.97 Å². The second kappa shape index (κ2) is 7.18. The second-order valence-electron chi connectivity index (χ2n) is 7.48. The van der Waals surface area contributed by atoms with Gasteiger partial charge in [-0.3, -0.25) is 4.79 Å². The molecule has 0 spiro atoms. The number of fused-ring (bicyclic) bond motifs is 1. The zero-order chi connectivity index (χ0) is 19.9. The zero-order valence-corrected chi connectivity index (χ0v) is 16.5. The van der Waals surface area contributed by atoms with Crippen molar-refractivity contribution in [3.8, 4) is 0 Å². The predicted octanol–water partition coefficient (Wildman–Crippen LogP) is 3.98. The number of hydrogen-bond acceptors (Lipinski definition) is 4. The summed E-state index contributed by atoms with van der Waals surface area (Å²) in [4.78, 5) is 12.5. The van der Waals surface area contributed by atoms with E-state index in [1.165, 1.54) is 10.2 Å². The number of aliphatic hydroxyl groups is 1. The van der Waals surface area contributed by atoms with Gasteiger partial charge >= 0.3 is 0 Å². The summed E-state index contributed by atoms with van der Waals surface area (Å²) in [6.07, 6.45) is 3.33. The van der Waals surface area contributed by atoms with Crippen molar-refractivity contribution in [2.45, 2.75) is 43.6 Å². The molecule has 1 aromatic heterocycles. The van der Waals surface area contributed by atoms with Gasteiger partial charge in [-0.1, -0.05) is 36.2 Å². The number of hydrogen-bond donors (Lipinski definition) is 1. The van der Waals surface area contributed by atoms with Gasteiger partial charge in [-0.25, -0.2) is 12.4 Å². The van der Waals surface area contributed by atoms with E-state index in [2.05, 4.69) is 0 Å². The molecule has 1 heterocycles. The fourth-order valence-electron chi connectivity index (χ4n) is 4.04. The van der Waals surface area contributed by atoms with Gasteiger partial charge in [0, 0.05) is 29.5 Å². The fourth-order valence-corrected chi connectivity index (χ4v) is 5.44. The average Bonchev–Trinajstić information content (AvgIpc) is 3.08. The first-order valence-electron chi connectivity index (χ1n) is 9.52.